The Labute approximate surface area is 148 Å². The van der Waals surface area contributed by atoms with Gasteiger partial charge >= 0.3 is 0 Å². The zero-order valence-corrected chi connectivity index (χ0v) is 14.1. The van der Waals surface area contributed by atoms with E-state index in [1.54, 1.807) is 31.2 Å². The van der Waals surface area contributed by atoms with Gasteiger partial charge in [-0.3, -0.25) is 4.79 Å². The standard InChI is InChI=1S/C18H15F2N3OS/c1-10-15(17(24)22-14-9-5-4-8-13(14)20)16(23-18(25)21-10)11-6-2-3-7-12(11)19/h2-9,16H,1H3,(H,22,24)(H2,21,23,25)/t16-/m1/s1. The van der Waals surface area contributed by atoms with E-state index in [-0.39, 0.29) is 21.9 Å². The molecule has 1 heterocycles. The number of hydrogen-bond acceptors (Lipinski definition) is 2. The van der Waals surface area contributed by atoms with Gasteiger partial charge in [-0.1, -0.05) is 30.3 Å². The molecule has 25 heavy (non-hydrogen) atoms. The normalized spacial score (nSPS) is 16.9. The minimum absolute atomic E-state index is 0.0493. The van der Waals surface area contributed by atoms with Crippen molar-refractivity contribution in [3.05, 3.63) is 77.0 Å². The summed E-state index contributed by atoms with van der Waals surface area (Å²) in [6, 6.07) is 11.2. The van der Waals surface area contributed by atoms with Gasteiger partial charge in [-0.05, 0) is 37.3 Å². The molecule has 1 amide bonds. The summed E-state index contributed by atoms with van der Waals surface area (Å²) in [5.41, 5.74) is 1.05. The van der Waals surface area contributed by atoms with Gasteiger partial charge in [0.2, 0.25) is 0 Å². The van der Waals surface area contributed by atoms with Gasteiger partial charge in [-0.2, -0.15) is 0 Å². The number of carbonyl (C=O) groups is 1. The summed E-state index contributed by atoms with van der Waals surface area (Å²) in [5.74, 6) is -1.56. The van der Waals surface area contributed by atoms with Crippen molar-refractivity contribution in [1.29, 1.82) is 0 Å². The highest BCUT2D eigenvalue weighted by atomic mass is 32.1. The van der Waals surface area contributed by atoms with Crippen LogP contribution in [0.2, 0.25) is 0 Å². The fourth-order valence-corrected chi connectivity index (χ4v) is 2.96. The first-order valence-electron chi connectivity index (χ1n) is 7.56. The summed E-state index contributed by atoms with van der Waals surface area (Å²) in [6.45, 7) is 1.66. The molecule has 0 spiro atoms. The van der Waals surface area contributed by atoms with Crippen molar-refractivity contribution in [3.63, 3.8) is 0 Å². The van der Waals surface area contributed by atoms with Crippen LogP contribution >= 0.6 is 12.2 Å². The van der Waals surface area contributed by atoms with Gasteiger partial charge in [0.25, 0.3) is 5.91 Å². The molecule has 3 N–H and O–H groups in total. The quantitative estimate of drug-likeness (QED) is 0.736. The molecular formula is C18H15F2N3OS. The molecule has 2 aromatic carbocycles. The average Bonchev–Trinajstić information content (AvgIpc) is 2.56. The molecule has 0 bridgehead atoms. The van der Waals surface area contributed by atoms with Gasteiger partial charge in [0.05, 0.1) is 17.3 Å². The summed E-state index contributed by atoms with van der Waals surface area (Å²) in [7, 11) is 0. The number of hydrogen-bond donors (Lipinski definition) is 3. The van der Waals surface area contributed by atoms with Crippen molar-refractivity contribution in [2.24, 2.45) is 0 Å². The van der Waals surface area contributed by atoms with Gasteiger partial charge in [0, 0.05) is 11.3 Å². The Kier molecular flexibility index (Phi) is 4.76. The second kappa shape index (κ2) is 6.98. The summed E-state index contributed by atoms with van der Waals surface area (Å²) in [4.78, 5) is 12.8. The summed E-state index contributed by atoms with van der Waals surface area (Å²) in [5, 5.41) is 8.57. The molecule has 1 aliphatic heterocycles. The number of rotatable bonds is 3. The van der Waals surface area contributed by atoms with Crippen molar-refractivity contribution in [2.45, 2.75) is 13.0 Å². The smallest absolute Gasteiger partial charge is 0.255 e. The van der Waals surface area contributed by atoms with Crippen molar-refractivity contribution >= 4 is 28.9 Å². The highest BCUT2D eigenvalue weighted by molar-refractivity contribution is 7.80. The van der Waals surface area contributed by atoms with E-state index >= 15 is 0 Å². The van der Waals surface area contributed by atoms with E-state index in [0.717, 1.165) is 0 Å². The maximum atomic E-state index is 14.2. The number of carbonyl (C=O) groups excluding carboxylic acids is 1. The molecule has 0 unspecified atom stereocenters. The molecule has 7 heteroatoms. The third-order valence-electron chi connectivity index (χ3n) is 3.85. The van der Waals surface area contributed by atoms with E-state index in [1.165, 1.54) is 24.3 Å². The molecule has 1 aliphatic rings. The van der Waals surface area contributed by atoms with Crippen molar-refractivity contribution in [2.75, 3.05) is 5.32 Å². The molecule has 0 aliphatic carbocycles. The average molecular weight is 359 g/mol. The Morgan fingerprint density at radius 1 is 1.08 bits per heavy atom. The third-order valence-corrected chi connectivity index (χ3v) is 4.07. The van der Waals surface area contributed by atoms with Crippen molar-refractivity contribution in [3.8, 4) is 0 Å². The van der Waals surface area contributed by atoms with E-state index < -0.39 is 23.6 Å². The maximum absolute atomic E-state index is 14.2. The molecular weight excluding hydrogens is 344 g/mol. The Morgan fingerprint density at radius 2 is 1.72 bits per heavy atom. The number of amides is 1. The SMILES string of the molecule is CC1=C(C(=O)Nc2ccccc2F)[C@@H](c2ccccc2F)NC(=S)N1. The monoisotopic (exact) mass is 359 g/mol. The number of allylic oxidation sites excluding steroid dienone is 1. The van der Waals surface area contributed by atoms with Crippen molar-refractivity contribution in [1.82, 2.24) is 10.6 Å². The van der Waals surface area contributed by atoms with Crippen LogP contribution < -0.4 is 16.0 Å². The van der Waals surface area contributed by atoms with E-state index in [2.05, 4.69) is 16.0 Å². The Balaban J connectivity index is 1.99. The first kappa shape index (κ1) is 17.0. The molecule has 0 radical (unpaired) electrons. The van der Waals surface area contributed by atoms with Crippen molar-refractivity contribution < 1.29 is 13.6 Å². The predicted molar refractivity (Wildman–Crippen MR) is 95.7 cm³/mol. The molecule has 0 aromatic heterocycles. The fraction of sp³-hybridized carbons (Fsp3) is 0.111. The maximum Gasteiger partial charge on any atom is 0.255 e. The second-order valence-corrected chi connectivity index (χ2v) is 5.93. The summed E-state index contributed by atoms with van der Waals surface area (Å²) < 4.78 is 28.1. The van der Waals surface area contributed by atoms with E-state index in [0.29, 0.717) is 5.70 Å². The van der Waals surface area contributed by atoms with Crippen LogP contribution in [0.4, 0.5) is 14.5 Å². The molecule has 3 rings (SSSR count). The molecule has 4 nitrogen and oxygen atoms in total. The van der Waals surface area contributed by atoms with Crippen LogP contribution in [-0.4, -0.2) is 11.0 Å². The minimum Gasteiger partial charge on any atom is -0.351 e. The van der Waals surface area contributed by atoms with Gasteiger partial charge in [0.1, 0.15) is 11.6 Å². The molecule has 128 valence electrons. The van der Waals surface area contributed by atoms with E-state index in [9.17, 15) is 13.6 Å². The number of halogens is 2. The molecule has 0 saturated carbocycles. The van der Waals surface area contributed by atoms with Crippen LogP contribution in [0, 0.1) is 11.6 Å². The first-order chi connectivity index (χ1) is 12.0. The van der Waals surface area contributed by atoms with Gasteiger partial charge in [-0.25, -0.2) is 8.78 Å². The highest BCUT2D eigenvalue weighted by Gasteiger charge is 2.31. The fourth-order valence-electron chi connectivity index (χ4n) is 2.69. The van der Waals surface area contributed by atoms with Crippen LogP contribution in [0.15, 0.2) is 59.8 Å². The minimum atomic E-state index is -0.776. The topological polar surface area (TPSA) is 53.2 Å². The number of anilines is 1. The number of benzene rings is 2. The number of nitrogens with one attached hydrogen (secondary N) is 3. The molecule has 2 aromatic rings. The Morgan fingerprint density at radius 3 is 2.40 bits per heavy atom. The lowest BCUT2D eigenvalue weighted by Gasteiger charge is -2.30. The van der Waals surface area contributed by atoms with Crippen LogP contribution in [0.1, 0.15) is 18.5 Å². The lowest BCUT2D eigenvalue weighted by Crippen LogP contribution is -2.46. The van der Waals surface area contributed by atoms with Crippen LogP contribution in [0.3, 0.4) is 0 Å². The number of para-hydroxylation sites is 1. The Bertz CT molecular complexity index is 882. The second-order valence-electron chi connectivity index (χ2n) is 5.53. The van der Waals surface area contributed by atoms with Crippen LogP contribution in [0.5, 0.6) is 0 Å². The van der Waals surface area contributed by atoms with Gasteiger partial charge in [-0.15, -0.1) is 0 Å². The lowest BCUT2D eigenvalue weighted by molar-refractivity contribution is -0.113. The Hall–Kier alpha value is -2.80. The zero-order valence-electron chi connectivity index (χ0n) is 13.3. The third kappa shape index (κ3) is 3.51. The first-order valence-corrected chi connectivity index (χ1v) is 7.97. The van der Waals surface area contributed by atoms with Gasteiger partial charge in [0.15, 0.2) is 5.11 Å². The number of thiocarbonyl (C=S) groups is 1. The van der Waals surface area contributed by atoms with Gasteiger partial charge < -0.3 is 16.0 Å². The largest absolute Gasteiger partial charge is 0.351 e. The lowest BCUT2D eigenvalue weighted by atomic mass is 9.94. The highest BCUT2D eigenvalue weighted by Crippen LogP contribution is 2.29. The predicted octanol–water partition coefficient (Wildman–Crippen LogP) is 3.40. The van der Waals surface area contributed by atoms with E-state index in [4.69, 9.17) is 12.2 Å². The van der Waals surface area contributed by atoms with Crippen LogP contribution in [-0.2, 0) is 4.79 Å². The summed E-state index contributed by atoms with van der Waals surface area (Å²) in [6.07, 6.45) is 0. The molecule has 0 saturated heterocycles. The molecule has 1 atom stereocenters. The van der Waals surface area contributed by atoms with E-state index in [1.807, 2.05) is 0 Å². The summed E-state index contributed by atoms with van der Waals surface area (Å²) >= 11 is 5.12. The molecule has 0 fully saturated rings. The zero-order chi connectivity index (χ0) is 18.0. The van der Waals surface area contributed by atoms with Crippen LogP contribution in [0.25, 0.3) is 0 Å².